The van der Waals surface area contributed by atoms with Crippen molar-refractivity contribution in [3.63, 3.8) is 0 Å². The molecule has 0 radical (unpaired) electrons. The Kier molecular flexibility index (Phi) is 9.40. The third-order valence-corrected chi connectivity index (χ3v) is 6.28. The fraction of sp³-hybridized carbons (Fsp3) is 0.370. The number of methoxy groups -OCH3 is 1. The molecule has 4 N–H and O–H groups in total. The number of fused-ring (bicyclic) bond motifs is 1. The van der Waals surface area contributed by atoms with Crippen molar-refractivity contribution in [3.05, 3.63) is 70.5 Å². The maximum atomic E-state index is 15.1. The molecule has 3 rings (SSSR count). The SMILES string of the molecule is COc1ccc2c(c1)CCN(C(=O)/C(O)=C/C(N)=O)C2C(=O)Nc1cc(F)c(C(C)(C)COCC(F)F)c(F)c1. The van der Waals surface area contributed by atoms with Crippen molar-refractivity contribution in [2.75, 3.05) is 32.2 Å². The Balaban J connectivity index is 1.95. The standard InChI is InChI=1S/C27H29F4N3O6/c1-27(2,13-40-12-21(30)31)23-18(28)9-15(10-19(23)29)33-25(37)24-17-5-4-16(39-3)8-14(17)6-7-34(24)26(38)20(35)11-22(32)36/h4-5,8-11,21,24,35H,6-7,12-13H2,1-3H3,(H2,32,36)(H,33,37)/b20-11-. The Hall–Kier alpha value is -4.13. The molecule has 0 aliphatic carbocycles. The van der Waals surface area contributed by atoms with Crippen LogP contribution in [-0.2, 0) is 31.0 Å². The average molecular weight is 568 g/mol. The van der Waals surface area contributed by atoms with Gasteiger partial charge in [-0.2, -0.15) is 0 Å². The van der Waals surface area contributed by atoms with Crippen LogP contribution in [-0.4, -0.2) is 61.0 Å². The smallest absolute Gasteiger partial charge is 0.289 e. The van der Waals surface area contributed by atoms with Crippen LogP contribution in [0.15, 0.2) is 42.2 Å². The number of benzene rings is 2. The van der Waals surface area contributed by atoms with Gasteiger partial charge < -0.3 is 30.5 Å². The number of anilines is 1. The first kappa shape index (κ1) is 30.4. The van der Waals surface area contributed by atoms with Crippen molar-refractivity contribution < 1.29 is 46.5 Å². The van der Waals surface area contributed by atoms with E-state index in [-0.39, 0.29) is 18.7 Å². The number of ether oxygens (including phenoxy) is 2. The Labute approximate surface area is 227 Å². The Bertz CT molecular complexity index is 1310. The number of primary amides is 1. The molecule has 0 spiro atoms. The number of nitrogens with one attached hydrogen (secondary N) is 1. The summed E-state index contributed by atoms with van der Waals surface area (Å²) in [6.07, 6.45) is -1.96. The minimum absolute atomic E-state index is 0.0534. The lowest BCUT2D eigenvalue weighted by atomic mass is 9.84. The summed E-state index contributed by atoms with van der Waals surface area (Å²) in [5.41, 5.74) is 4.02. The number of alkyl halides is 2. The zero-order valence-corrected chi connectivity index (χ0v) is 22.0. The molecule has 1 heterocycles. The maximum absolute atomic E-state index is 15.1. The summed E-state index contributed by atoms with van der Waals surface area (Å²) in [6, 6.07) is 5.12. The molecule has 2 aromatic carbocycles. The van der Waals surface area contributed by atoms with Gasteiger partial charge in [0.05, 0.1) is 19.8 Å². The van der Waals surface area contributed by atoms with Gasteiger partial charge in [0.15, 0.2) is 5.76 Å². The maximum Gasteiger partial charge on any atom is 0.289 e. The Morgan fingerprint density at radius 1 is 1.20 bits per heavy atom. The highest BCUT2D eigenvalue weighted by atomic mass is 19.3. The van der Waals surface area contributed by atoms with Crippen LogP contribution < -0.4 is 15.8 Å². The molecule has 40 heavy (non-hydrogen) atoms. The van der Waals surface area contributed by atoms with Crippen LogP contribution in [0.1, 0.15) is 36.6 Å². The Morgan fingerprint density at radius 2 is 1.85 bits per heavy atom. The molecule has 3 amide bonds. The van der Waals surface area contributed by atoms with Crippen LogP contribution in [0, 0.1) is 11.6 Å². The number of halogens is 4. The third kappa shape index (κ3) is 6.89. The van der Waals surface area contributed by atoms with E-state index in [1.54, 1.807) is 18.2 Å². The van der Waals surface area contributed by atoms with E-state index in [1.807, 2.05) is 0 Å². The summed E-state index contributed by atoms with van der Waals surface area (Å²) in [4.78, 5) is 38.6. The van der Waals surface area contributed by atoms with Crippen LogP contribution in [0.2, 0.25) is 0 Å². The van der Waals surface area contributed by atoms with Crippen LogP contribution in [0.3, 0.4) is 0 Å². The number of hydrogen-bond donors (Lipinski definition) is 3. The first-order valence-electron chi connectivity index (χ1n) is 12.1. The van der Waals surface area contributed by atoms with Gasteiger partial charge >= 0.3 is 0 Å². The van der Waals surface area contributed by atoms with E-state index >= 15 is 8.78 Å². The highest BCUT2D eigenvalue weighted by Crippen LogP contribution is 2.35. The van der Waals surface area contributed by atoms with E-state index in [1.165, 1.54) is 21.0 Å². The van der Waals surface area contributed by atoms with Gasteiger partial charge in [0.25, 0.3) is 18.2 Å². The minimum Gasteiger partial charge on any atom is -0.503 e. The lowest BCUT2D eigenvalue weighted by Crippen LogP contribution is -2.46. The first-order chi connectivity index (χ1) is 18.7. The number of nitrogens with zero attached hydrogens (tertiary/aromatic N) is 1. The molecule has 1 aliphatic rings. The summed E-state index contributed by atoms with van der Waals surface area (Å²) in [5.74, 6) is -5.60. The number of carbonyl (C=O) groups is 3. The van der Waals surface area contributed by atoms with E-state index in [0.29, 0.717) is 23.0 Å². The second-order valence-corrected chi connectivity index (χ2v) is 9.74. The van der Waals surface area contributed by atoms with Gasteiger partial charge in [0, 0.05) is 23.2 Å². The van der Waals surface area contributed by atoms with E-state index in [0.717, 1.165) is 17.0 Å². The highest BCUT2D eigenvalue weighted by molar-refractivity contribution is 6.03. The molecule has 13 heteroatoms. The van der Waals surface area contributed by atoms with E-state index in [9.17, 15) is 28.3 Å². The first-order valence-corrected chi connectivity index (χ1v) is 12.1. The lowest BCUT2D eigenvalue weighted by Gasteiger charge is -2.36. The van der Waals surface area contributed by atoms with Crippen molar-refractivity contribution in [3.8, 4) is 5.75 Å². The molecule has 0 bridgehead atoms. The van der Waals surface area contributed by atoms with Crippen molar-refractivity contribution in [1.82, 2.24) is 4.90 Å². The number of amides is 3. The predicted octanol–water partition coefficient (Wildman–Crippen LogP) is 3.52. The van der Waals surface area contributed by atoms with Crippen LogP contribution >= 0.6 is 0 Å². The molecule has 9 nitrogen and oxygen atoms in total. The third-order valence-electron chi connectivity index (χ3n) is 6.28. The minimum atomic E-state index is -2.74. The lowest BCUT2D eigenvalue weighted by molar-refractivity contribution is -0.138. The summed E-state index contributed by atoms with van der Waals surface area (Å²) < 4.78 is 65.1. The molecule has 0 saturated carbocycles. The summed E-state index contributed by atoms with van der Waals surface area (Å²) in [6.45, 7) is 1.50. The normalized spacial score (nSPS) is 15.6. The van der Waals surface area contributed by atoms with Gasteiger partial charge in [0.1, 0.15) is 30.0 Å². The fourth-order valence-corrected chi connectivity index (χ4v) is 4.55. The van der Waals surface area contributed by atoms with Gasteiger partial charge in [-0.05, 0) is 41.8 Å². The second-order valence-electron chi connectivity index (χ2n) is 9.74. The fourth-order valence-electron chi connectivity index (χ4n) is 4.55. The van der Waals surface area contributed by atoms with Crippen molar-refractivity contribution in [1.29, 1.82) is 0 Å². The largest absolute Gasteiger partial charge is 0.503 e. The van der Waals surface area contributed by atoms with Crippen molar-refractivity contribution in [2.24, 2.45) is 5.73 Å². The number of nitrogens with two attached hydrogens (primary N) is 1. The quantitative estimate of drug-likeness (QED) is 0.229. The van der Waals surface area contributed by atoms with Crippen molar-refractivity contribution >= 4 is 23.4 Å². The zero-order chi connectivity index (χ0) is 29.8. The summed E-state index contributed by atoms with van der Waals surface area (Å²) in [5, 5.41) is 12.5. The molecular formula is C27H29F4N3O6. The van der Waals surface area contributed by atoms with Gasteiger partial charge in [-0.3, -0.25) is 14.4 Å². The van der Waals surface area contributed by atoms with Gasteiger partial charge in [-0.25, -0.2) is 17.6 Å². The van der Waals surface area contributed by atoms with Crippen LogP contribution in [0.4, 0.5) is 23.2 Å². The molecule has 216 valence electrons. The molecule has 1 unspecified atom stereocenters. The van der Waals surface area contributed by atoms with Gasteiger partial charge in [-0.1, -0.05) is 19.9 Å². The number of hydrogen-bond acceptors (Lipinski definition) is 6. The molecular weight excluding hydrogens is 538 g/mol. The number of rotatable bonds is 10. The van der Waals surface area contributed by atoms with Crippen molar-refractivity contribution in [2.45, 2.75) is 38.2 Å². The molecule has 0 saturated heterocycles. The predicted molar refractivity (Wildman–Crippen MR) is 136 cm³/mol. The summed E-state index contributed by atoms with van der Waals surface area (Å²) >= 11 is 0. The highest BCUT2D eigenvalue weighted by Gasteiger charge is 2.38. The van der Waals surface area contributed by atoms with E-state index in [4.69, 9.17) is 15.2 Å². The summed E-state index contributed by atoms with van der Waals surface area (Å²) in [7, 11) is 1.45. The Morgan fingerprint density at radius 3 is 2.42 bits per heavy atom. The average Bonchev–Trinajstić information content (AvgIpc) is 2.85. The zero-order valence-electron chi connectivity index (χ0n) is 22.0. The van der Waals surface area contributed by atoms with Crippen LogP contribution in [0.25, 0.3) is 0 Å². The number of carbonyl (C=O) groups excluding carboxylic acids is 3. The molecule has 0 aromatic heterocycles. The van der Waals surface area contributed by atoms with Gasteiger partial charge in [0.2, 0.25) is 5.91 Å². The van der Waals surface area contributed by atoms with E-state index < -0.39 is 71.8 Å². The molecule has 1 atom stereocenters. The number of aliphatic hydroxyl groups is 1. The number of aliphatic hydroxyl groups excluding tert-OH is 1. The second kappa shape index (κ2) is 12.4. The van der Waals surface area contributed by atoms with Crippen LogP contribution in [0.5, 0.6) is 5.75 Å². The van der Waals surface area contributed by atoms with Gasteiger partial charge in [-0.15, -0.1) is 0 Å². The topological polar surface area (TPSA) is 131 Å². The molecule has 1 aliphatic heterocycles. The van der Waals surface area contributed by atoms with E-state index in [2.05, 4.69) is 5.32 Å². The monoisotopic (exact) mass is 567 g/mol. The molecule has 0 fully saturated rings. The molecule has 2 aromatic rings.